The van der Waals surface area contributed by atoms with Crippen molar-refractivity contribution < 1.29 is 9.46 Å². The van der Waals surface area contributed by atoms with E-state index in [4.69, 9.17) is 0 Å². The fourth-order valence-corrected chi connectivity index (χ4v) is 1.25. The fourth-order valence-electron chi connectivity index (χ4n) is 1.25. The van der Waals surface area contributed by atoms with Crippen LogP contribution >= 0.6 is 0 Å². The second kappa shape index (κ2) is 3.33. The van der Waals surface area contributed by atoms with Gasteiger partial charge >= 0.3 is 0 Å². The smallest absolute Gasteiger partial charge is 0.188 e. The van der Waals surface area contributed by atoms with Crippen molar-refractivity contribution in [2.75, 3.05) is 0 Å². The molecule has 0 aromatic carbocycles. The van der Waals surface area contributed by atoms with Gasteiger partial charge in [0.2, 0.25) is 0 Å². The van der Waals surface area contributed by atoms with Gasteiger partial charge in [-0.1, -0.05) is 0 Å². The summed E-state index contributed by atoms with van der Waals surface area (Å²) in [5, 5.41) is 22.0. The van der Waals surface area contributed by atoms with Gasteiger partial charge < -0.3 is 10.4 Å². The Balaban J connectivity index is 2.49. The van der Waals surface area contributed by atoms with Crippen LogP contribution in [0.1, 0.15) is 0 Å². The third kappa shape index (κ3) is 1.64. The average Bonchev–Trinajstić information content (AvgIpc) is 2.18. The summed E-state index contributed by atoms with van der Waals surface area (Å²) in [6, 6.07) is 6.85. The van der Waals surface area contributed by atoms with E-state index in [2.05, 4.69) is 0 Å². The highest BCUT2D eigenvalue weighted by Crippen LogP contribution is 2.13. The fraction of sp³-hybridized carbons (Fsp3) is 0. The van der Waals surface area contributed by atoms with Crippen LogP contribution in [-0.2, 0) is 0 Å². The molecule has 0 atom stereocenters. The normalized spacial score (nSPS) is 10.0. The van der Waals surface area contributed by atoms with Crippen LogP contribution in [0.25, 0.3) is 11.1 Å². The lowest BCUT2D eigenvalue weighted by Gasteiger charge is -2.01. The van der Waals surface area contributed by atoms with E-state index in [9.17, 15) is 10.4 Å². The standard InChI is InChI=1S/C10H8N2O2/c13-11-5-1-3-9(7-11)10-4-2-6-12(14)8-10/h1-8H. The van der Waals surface area contributed by atoms with E-state index in [-0.39, 0.29) is 0 Å². The Morgan fingerprint density at radius 3 is 1.57 bits per heavy atom. The van der Waals surface area contributed by atoms with Gasteiger partial charge in [-0.15, -0.1) is 0 Å². The first-order chi connectivity index (χ1) is 6.75. The maximum atomic E-state index is 11.0. The summed E-state index contributed by atoms with van der Waals surface area (Å²) < 4.78 is 1.41. The van der Waals surface area contributed by atoms with E-state index in [0.717, 1.165) is 11.1 Å². The lowest BCUT2D eigenvalue weighted by molar-refractivity contribution is -0.606. The minimum Gasteiger partial charge on any atom is -0.619 e. The first-order valence-electron chi connectivity index (χ1n) is 4.14. The molecule has 14 heavy (non-hydrogen) atoms. The van der Waals surface area contributed by atoms with Gasteiger partial charge in [0.25, 0.3) is 0 Å². The number of nitrogens with zero attached hydrogens (tertiary/aromatic N) is 2. The summed E-state index contributed by atoms with van der Waals surface area (Å²) in [5.74, 6) is 0. The van der Waals surface area contributed by atoms with Crippen LogP contribution in [-0.4, -0.2) is 0 Å². The molecule has 0 amide bonds. The van der Waals surface area contributed by atoms with Crippen molar-refractivity contribution in [2.24, 2.45) is 0 Å². The molecule has 0 spiro atoms. The van der Waals surface area contributed by atoms with Crippen molar-refractivity contribution in [3.63, 3.8) is 0 Å². The topological polar surface area (TPSA) is 53.9 Å². The third-order valence-corrected chi connectivity index (χ3v) is 1.88. The number of hydrogen-bond donors (Lipinski definition) is 0. The Labute approximate surface area is 80.8 Å². The zero-order valence-electron chi connectivity index (χ0n) is 7.33. The lowest BCUT2D eigenvalue weighted by Crippen LogP contribution is -2.26. The molecule has 0 saturated carbocycles. The molecule has 0 fully saturated rings. The molecule has 0 bridgehead atoms. The van der Waals surface area contributed by atoms with Crippen molar-refractivity contribution in [1.82, 2.24) is 0 Å². The van der Waals surface area contributed by atoms with Crippen molar-refractivity contribution in [3.05, 3.63) is 59.5 Å². The van der Waals surface area contributed by atoms with Gasteiger partial charge in [0, 0.05) is 12.1 Å². The van der Waals surface area contributed by atoms with Crippen LogP contribution < -0.4 is 9.46 Å². The summed E-state index contributed by atoms with van der Waals surface area (Å²) >= 11 is 0. The molecule has 2 aromatic heterocycles. The maximum absolute atomic E-state index is 11.0. The molecular formula is C10H8N2O2. The molecule has 0 unspecified atom stereocenters. The first-order valence-corrected chi connectivity index (χ1v) is 4.14. The zero-order chi connectivity index (χ0) is 9.97. The molecule has 4 nitrogen and oxygen atoms in total. The quantitative estimate of drug-likeness (QED) is 0.486. The van der Waals surface area contributed by atoms with E-state index in [1.54, 1.807) is 24.3 Å². The Hall–Kier alpha value is -2.10. The number of rotatable bonds is 1. The summed E-state index contributed by atoms with van der Waals surface area (Å²) in [6.07, 6.45) is 5.65. The predicted molar refractivity (Wildman–Crippen MR) is 49.8 cm³/mol. The van der Waals surface area contributed by atoms with Crippen molar-refractivity contribution >= 4 is 0 Å². The molecular weight excluding hydrogens is 180 g/mol. The molecule has 2 aromatic rings. The van der Waals surface area contributed by atoms with Gasteiger partial charge in [0.05, 0.1) is 11.1 Å². The number of pyridine rings is 2. The Morgan fingerprint density at radius 1 is 0.786 bits per heavy atom. The molecule has 0 aliphatic rings. The molecule has 0 saturated heterocycles. The Kier molecular flexibility index (Phi) is 2.02. The molecule has 2 heterocycles. The third-order valence-electron chi connectivity index (χ3n) is 1.88. The minimum atomic E-state index is 0.706. The first kappa shape index (κ1) is 8.50. The van der Waals surface area contributed by atoms with Crippen molar-refractivity contribution in [3.8, 4) is 11.1 Å². The highest BCUT2D eigenvalue weighted by Gasteiger charge is 2.03. The van der Waals surface area contributed by atoms with Crippen LogP contribution in [0, 0.1) is 10.4 Å². The molecule has 4 heteroatoms. The Morgan fingerprint density at radius 2 is 1.21 bits per heavy atom. The number of hydrogen-bond acceptors (Lipinski definition) is 2. The molecule has 0 aliphatic heterocycles. The van der Waals surface area contributed by atoms with Crippen molar-refractivity contribution in [1.29, 1.82) is 0 Å². The molecule has 0 aliphatic carbocycles. The summed E-state index contributed by atoms with van der Waals surface area (Å²) in [4.78, 5) is 0. The van der Waals surface area contributed by atoms with Crippen LogP contribution in [0.15, 0.2) is 49.1 Å². The van der Waals surface area contributed by atoms with Gasteiger partial charge in [-0.05, 0) is 12.1 Å². The van der Waals surface area contributed by atoms with Gasteiger partial charge in [-0.3, -0.25) is 0 Å². The van der Waals surface area contributed by atoms with Gasteiger partial charge in [0.1, 0.15) is 0 Å². The minimum absolute atomic E-state index is 0.706. The SMILES string of the molecule is [O-][n+]1cccc(-c2ccc[n+]([O-])c2)c1. The van der Waals surface area contributed by atoms with E-state index in [1.807, 2.05) is 0 Å². The molecule has 2 rings (SSSR count). The van der Waals surface area contributed by atoms with Crippen LogP contribution in [0.2, 0.25) is 0 Å². The second-order valence-electron chi connectivity index (χ2n) is 2.91. The van der Waals surface area contributed by atoms with E-state index >= 15 is 0 Å². The largest absolute Gasteiger partial charge is 0.619 e. The highest BCUT2D eigenvalue weighted by molar-refractivity contribution is 5.59. The molecule has 0 N–H and O–H groups in total. The Bertz CT molecular complexity index is 414. The van der Waals surface area contributed by atoms with Crippen LogP contribution in [0.5, 0.6) is 0 Å². The summed E-state index contributed by atoms with van der Waals surface area (Å²) in [7, 11) is 0. The van der Waals surface area contributed by atoms with Gasteiger partial charge in [-0.2, -0.15) is 9.46 Å². The predicted octanol–water partition coefficient (Wildman–Crippen LogP) is 0.620. The van der Waals surface area contributed by atoms with E-state index in [1.165, 1.54) is 24.8 Å². The average molecular weight is 188 g/mol. The summed E-state index contributed by atoms with van der Waals surface area (Å²) in [6.45, 7) is 0. The monoisotopic (exact) mass is 188 g/mol. The van der Waals surface area contributed by atoms with Gasteiger partial charge in [0.15, 0.2) is 24.8 Å². The van der Waals surface area contributed by atoms with Crippen LogP contribution in [0.4, 0.5) is 0 Å². The maximum Gasteiger partial charge on any atom is 0.188 e. The summed E-state index contributed by atoms with van der Waals surface area (Å²) in [5.41, 5.74) is 1.46. The second-order valence-corrected chi connectivity index (χ2v) is 2.91. The zero-order valence-corrected chi connectivity index (χ0v) is 7.33. The molecule has 0 radical (unpaired) electrons. The highest BCUT2D eigenvalue weighted by atomic mass is 16.5. The van der Waals surface area contributed by atoms with Gasteiger partial charge in [-0.25, -0.2) is 0 Å². The molecule has 70 valence electrons. The van der Waals surface area contributed by atoms with E-state index < -0.39 is 0 Å². The van der Waals surface area contributed by atoms with E-state index in [0.29, 0.717) is 9.46 Å². The van der Waals surface area contributed by atoms with Crippen molar-refractivity contribution in [2.45, 2.75) is 0 Å². The number of aromatic nitrogens is 2. The van der Waals surface area contributed by atoms with Crippen LogP contribution in [0.3, 0.4) is 0 Å². The lowest BCUT2D eigenvalue weighted by atomic mass is 10.1.